The molecule has 1 aromatic carbocycles. The van der Waals surface area contributed by atoms with E-state index in [1.54, 1.807) is 11.3 Å². The minimum atomic E-state index is -3.11. The Kier molecular flexibility index (Phi) is 6.03. The quantitative estimate of drug-likeness (QED) is 0.592. The smallest absolute Gasteiger partial charge is 0.309 e. The summed E-state index contributed by atoms with van der Waals surface area (Å²) in [5.74, 6) is 0. The minimum Gasteiger partial charge on any atom is -0.309 e. The van der Waals surface area contributed by atoms with Gasteiger partial charge < -0.3 is 9.05 Å². The highest BCUT2D eigenvalue weighted by Gasteiger charge is 2.26. The molecule has 2 rings (SSSR count). The summed E-state index contributed by atoms with van der Waals surface area (Å²) in [6.45, 7) is 4.36. The molecule has 3 nitrogen and oxygen atoms in total. The monoisotopic (exact) mass is 344 g/mol. The first kappa shape index (κ1) is 16.7. The summed E-state index contributed by atoms with van der Waals surface area (Å²) >= 11 is 7.81. The predicted molar refractivity (Wildman–Crippen MR) is 89.3 cm³/mol. The van der Waals surface area contributed by atoms with E-state index in [-0.39, 0.29) is 6.16 Å². The number of hydrogen-bond acceptors (Lipinski definition) is 4. The Bertz CT molecular complexity index is 631. The van der Waals surface area contributed by atoms with Crippen LogP contribution in [0.3, 0.4) is 0 Å². The highest BCUT2D eigenvalue weighted by Crippen LogP contribution is 2.53. The number of hydrogen-bond donors (Lipinski definition) is 0. The summed E-state index contributed by atoms with van der Waals surface area (Å²) in [4.78, 5) is 0. The van der Waals surface area contributed by atoms with Gasteiger partial charge in [0.2, 0.25) is 0 Å². The average molecular weight is 345 g/mol. The van der Waals surface area contributed by atoms with Crippen molar-refractivity contribution in [2.75, 3.05) is 13.2 Å². The average Bonchev–Trinajstić information content (AvgIpc) is 2.87. The van der Waals surface area contributed by atoms with Gasteiger partial charge in [0.05, 0.1) is 19.4 Å². The molecule has 6 heteroatoms. The number of thiophene rings is 1. The maximum atomic E-state index is 12.7. The lowest BCUT2D eigenvalue weighted by Crippen LogP contribution is -1.99. The fraction of sp³-hybridized carbons (Fsp3) is 0.333. The van der Waals surface area contributed by atoms with Crippen LogP contribution in [0.15, 0.2) is 35.0 Å². The second-order valence-electron chi connectivity index (χ2n) is 4.40. The number of halogens is 1. The maximum absolute atomic E-state index is 12.7. The highest BCUT2D eigenvalue weighted by molar-refractivity contribution is 7.53. The Morgan fingerprint density at radius 2 is 1.76 bits per heavy atom. The lowest BCUT2D eigenvalue weighted by atomic mass is 10.1. The SMILES string of the molecule is CCOP(=O)(Cc1cscc1-c1ccccc1Cl)OCC. The van der Waals surface area contributed by atoms with Crippen molar-refractivity contribution in [2.24, 2.45) is 0 Å². The Hall–Kier alpha value is -0.640. The third-order valence-electron chi connectivity index (χ3n) is 2.92. The fourth-order valence-electron chi connectivity index (χ4n) is 2.09. The van der Waals surface area contributed by atoms with E-state index in [4.69, 9.17) is 20.6 Å². The Morgan fingerprint density at radius 1 is 1.10 bits per heavy atom. The first-order valence-electron chi connectivity index (χ1n) is 6.77. The molecule has 0 saturated carbocycles. The van der Waals surface area contributed by atoms with Crippen LogP contribution in [0.5, 0.6) is 0 Å². The summed E-state index contributed by atoms with van der Waals surface area (Å²) in [5.41, 5.74) is 2.87. The molecular formula is C15H18ClO3PS. The molecule has 1 aromatic heterocycles. The lowest BCUT2D eigenvalue weighted by molar-refractivity contribution is 0.219. The zero-order valence-electron chi connectivity index (χ0n) is 12.0. The van der Waals surface area contributed by atoms with E-state index < -0.39 is 7.60 Å². The molecule has 0 saturated heterocycles. The second-order valence-corrected chi connectivity index (χ2v) is 7.60. The van der Waals surface area contributed by atoms with E-state index in [2.05, 4.69) is 0 Å². The van der Waals surface area contributed by atoms with Gasteiger partial charge in [0, 0.05) is 10.6 Å². The highest BCUT2D eigenvalue weighted by atomic mass is 35.5. The largest absolute Gasteiger partial charge is 0.335 e. The molecule has 0 fully saturated rings. The molecule has 0 aliphatic rings. The van der Waals surface area contributed by atoms with Gasteiger partial charge in [-0.15, -0.1) is 0 Å². The van der Waals surface area contributed by atoms with Crippen LogP contribution in [-0.4, -0.2) is 13.2 Å². The van der Waals surface area contributed by atoms with E-state index >= 15 is 0 Å². The van der Waals surface area contributed by atoms with Gasteiger partial charge in [-0.25, -0.2) is 0 Å². The van der Waals surface area contributed by atoms with E-state index in [1.165, 1.54) is 0 Å². The van der Waals surface area contributed by atoms with Gasteiger partial charge >= 0.3 is 7.60 Å². The van der Waals surface area contributed by atoms with Crippen LogP contribution in [0.2, 0.25) is 5.02 Å². The first-order chi connectivity index (χ1) is 10.1. The molecule has 0 radical (unpaired) electrons. The first-order valence-corrected chi connectivity index (χ1v) is 9.82. The molecule has 0 bridgehead atoms. The van der Waals surface area contributed by atoms with E-state index in [0.717, 1.165) is 16.7 Å². The molecule has 0 aliphatic heterocycles. The summed E-state index contributed by atoms with van der Waals surface area (Å²) in [5, 5.41) is 4.67. The van der Waals surface area contributed by atoms with Crippen molar-refractivity contribution in [3.05, 3.63) is 45.6 Å². The molecule has 2 aromatic rings. The summed E-state index contributed by atoms with van der Waals surface area (Å²) in [6.07, 6.45) is 0.263. The van der Waals surface area contributed by atoms with E-state index in [9.17, 15) is 4.57 Å². The third kappa shape index (κ3) is 4.18. The second kappa shape index (κ2) is 7.57. The van der Waals surface area contributed by atoms with Gasteiger partial charge in [-0.05, 0) is 41.8 Å². The lowest BCUT2D eigenvalue weighted by Gasteiger charge is -2.17. The molecule has 0 spiro atoms. The molecule has 0 N–H and O–H groups in total. The van der Waals surface area contributed by atoms with Crippen LogP contribution in [0.1, 0.15) is 19.4 Å². The van der Waals surface area contributed by atoms with Gasteiger partial charge in [-0.2, -0.15) is 11.3 Å². The van der Waals surface area contributed by atoms with Gasteiger partial charge in [0.15, 0.2) is 0 Å². The molecule has 0 unspecified atom stereocenters. The predicted octanol–water partition coefficient (Wildman–Crippen LogP) is 5.83. The fourth-order valence-corrected chi connectivity index (χ4v) is 5.03. The van der Waals surface area contributed by atoms with E-state index in [1.807, 2.05) is 48.9 Å². The third-order valence-corrected chi connectivity index (χ3v) is 6.07. The molecule has 0 aliphatic carbocycles. The molecule has 21 heavy (non-hydrogen) atoms. The van der Waals surface area contributed by atoms with Gasteiger partial charge in [-0.3, -0.25) is 4.57 Å². The Morgan fingerprint density at radius 3 is 2.38 bits per heavy atom. The van der Waals surface area contributed by atoms with Crippen LogP contribution in [-0.2, 0) is 19.8 Å². The van der Waals surface area contributed by atoms with Crippen molar-refractivity contribution in [1.82, 2.24) is 0 Å². The van der Waals surface area contributed by atoms with Crippen molar-refractivity contribution in [1.29, 1.82) is 0 Å². The van der Waals surface area contributed by atoms with Crippen LogP contribution in [0.25, 0.3) is 11.1 Å². The summed E-state index contributed by atoms with van der Waals surface area (Å²) in [7, 11) is -3.11. The van der Waals surface area contributed by atoms with Gasteiger partial charge in [-0.1, -0.05) is 29.8 Å². The summed E-state index contributed by atoms with van der Waals surface area (Å²) in [6, 6.07) is 7.64. The van der Waals surface area contributed by atoms with Crippen LogP contribution in [0.4, 0.5) is 0 Å². The zero-order valence-corrected chi connectivity index (χ0v) is 14.5. The van der Waals surface area contributed by atoms with Gasteiger partial charge in [0.1, 0.15) is 0 Å². The molecule has 0 atom stereocenters. The van der Waals surface area contributed by atoms with Crippen molar-refractivity contribution < 1.29 is 13.6 Å². The normalized spacial score (nSPS) is 11.8. The van der Waals surface area contributed by atoms with Crippen LogP contribution < -0.4 is 0 Å². The molecule has 0 amide bonds. The van der Waals surface area contributed by atoms with E-state index in [0.29, 0.717) is 18.2 Å². The molecule has 1 heterocycles. The standard InChI is InChI=1S/C15H18ClO3PS/c1-3-18-20(17,19-4-2)9-12-10-21-11-14(12)13-7-5-6-8-15(13)16/h5-8,10-11H,3-4,9H2,1-2H3. The van der Waals surface area contributed by atoms with Crippen LogP contribution >= 0.6 is 30.5 Å². The number of rotatable bonds is 7. The van der Waals surface area contributed by atoms with Gasteiger partial charge in [0.25, 0.3) is 0 Å². The maximum Gasteiger partial charge on any atom is 0.335 e. The summed E-state index contributed by atoms with van der Waals surface area (Å²) < 4.78 is 23.4. The zero-order chi connectivity index (χ0) is 15.3. The number of benzene rings is 1. The van der Waals surface area contributed by atoms with Crippen molar-refractivity contribution in [3.63, 3.8) is 0 Å². The van der Waals surface area contributed by atoms with Crippen molar-refractivity contribution in [2.45, 2.75) is 20.0 Å². The topological polar surface area (TPSA) is 35.5 Å². The minimum absolute atomic E-state index is 0.263. The van der Waals surface area contributed by atoms with Crippen molar-refractivity contribution in [3.8, 4) is 11.1 Å². The Labute approximate surface area is 134 Å². The van der Waals surface area contributed by atoms with Crippen molar-refractivity contribution >= 4 is 30.5 Å². The Balaban J connectivity index is 2.33. The molecule has 114 valence electrons. The molecular weight excluding hydrogens is 327 g/mol. The van der Waals surface area contributed by atoms with Crippen LogP contribution in [0, 0.1) is 0 Å².